The van der Waals surface area contributed by atoms with Crippen LogP contribution < -0.4 is 4.74 Å². The number of hydrogen-bond donors (Lipinski definition) is 1. The highest BCUT2D eigenvalue weighted by molar-refractivity contribution is 5.66. The third-order valence-corrected chi connectivity index (χ3v) is 2.11. The Morgan fingerprint density at radius 1 is 1.43 bits per heavy atom. The molecule has 0 aromatic heterocycles. The third kappa shape index (κ3) is 2.49. The maximum absolute atomic E-state index is 9.37. The number of ether oxygens (including phenoxy) is 1. The molecule has 0 atom stereocenters. The SMILES string of the molecule is CCC(=O)O.Cc1ccc2c(c1C)O2. The molecule has 2 rings (SSSR count). The van der Waals surface area contributed by atoms with Crippen LogP contribution in [0, 0.1) is 13.8 Å². The van der Waals surface area contributed by atoms with Crippen molar-refractivity contribution in [2.45, 2.75) is 27.2 Å². The molecule has 3 nitrogen and oxygen atoms in total. The first-order valence-electron chi connectivity index (χ1n) is 4.56. The van der Waals surface area contributed by atoms with Gasteiger partial charge in [0.1, 0.15) is 0 Å². The van der Waals surface area contributed by atoms with Crippen LogP contribution in [0.3, 0.4) is 0 Å². The van der Waals surface area contributed by atoms with E-state index in [1.165, 1.54) is 11.1 Å². The molecule has 0 unspecified atom stereocenters. The lowest BCUT2D eigenvalue weighted by Gasteiger charge is -1.89. The molecular weight excluding hydrogens is 180 g/mol. The standard InChI is InChI=1S/C8H8O.C3H6O2/c1-5-3-4-7-8(9-7)6(5)2;1-2-3(4)5/h3-4H,1-2H3;2H2,1H3,(H,4,5). The first-order chi connectivity index (χ1) is 6.56. The minimum absolute atomic E-state index is 0.222. The maximum Gasteiger partial charge on any atom is 0.303 e. The molecule has 0 radical (unpaired) electrons. The van der Waals surface area contributed by atoms with Crippen LogP contribution in [0.2, 0.25) is 0 Å². The van der Waals surface area contributed by atoms with Crippen molar-refractivity contribution in [1.29, 1.82) is 0 Å². The van der Waals surface area contributed by atoms with Crippen LogP contribution in [0.15, 0.2) is 12.1 Å². The fraction of sp³-hybridized carbons (Fsp3) is 0.364. The second-order valence-electron chi connectivity index (χ2n) is 3.18. The first kappa shape index (κ1) is 10.6. The largest absolute Gasteiger partial charge is 0.481 e. The number of aryl methyl sites for hydroxylation is 1. The van der Waals surface area contributed by atoms with Crippen molar-refractivity contribution in [2.75, 3.05) is 0 Å². The van der Waals surface area contributed by atoms with Crippen molar-refractivity contribution in [3.63, 3.8) is 0 Å². The summed E-state index contributed by atoms with van der Waals surface area (Å²) in [5.41, 5.74) is 2.60. The van der Waals surface area contributed by atoms with Crippen molar-refractivity contribution in [3.05, 3.63) is 23.3 Å². The molecule has 0 saturated heterocycles. The number of carbonyl (C=O) groups is 1. The summed E-state index contributed by atoms with van der Waals surface area (Å²) in [6.45, 7) is 5.78. The summed E-state index contributed by atoms with van der Waals surface area (Å²) in [5, 5.41) is 7.72. The maximum atomic E-state index is 9.37. The Hall–Kier alpha value is -1.51. The Morgan fingerprint density at radius 3 is 2.43 bits per heavy atom. The van der Waals surface area contributed by atoms with Gasteiger partial charge < -0.3 is 9.84 Å². The highest BCUT2D eigenvalue weighted by atomic mass is 16.6. The second kappa shape index (κ2) is 4.13. The Morgan fingerprint density at radius 2 is 2.00 bits per heavy atom. The van der Waals surface area contributed by atoms with E-state index in [1.54, 1.807) is 6.92 Å². The summed E-state index contributed by atoms with van der Waals surface area (Å²) in [5.74, 6) is 1.40. The van der Waals surface area contributed by atoms with Gasteiger partial charge in [0.25, 0.3) is 0 Å². The van der Waals surface area contributed by atoms with E-state index in [-0.39, 0.29) is 6.42 Å². The predicted molar refractivity (Wildman–Crippen MR) is 53.9 cm³/mol. The Balaban J connectivity index is 0.000000171. The molecule has 0 bridgehead atoms. The minimum atomic E-state index is -0.745. The lowest BCUT2D eigenvalue weighted by atomic mass is 10.1. The molecule has 14 heavy (non-hydrogen) atoms. The van der Waals surface area contributed by atoms with E-state index in [0.29, 0.717) is 0 Å². The normalized spacial score (nSPS) is 10.5. The van der Waals surface area contributed by atoms with Gasteiger partial charge in [0, 0.05) is 6.42 Å². The number of fused-ring (bicyclic) bond motifs is 1. The number of aliphatic carboxylic acids is 1. The van der Waals surface area contributed by atoms with Gasteiger partial charge in [0.2, 0.25) is 0 Å². The summed E-state index contributed by atoms with van der Waals surface area (Å²) < 4.78 is 5.15. The van der Waals surface area contributed by atoms with Crippen LogP contribution >= 0.6 is 0 Å². The topological polar surface area (TPSA) is 49.8 Å². The predicted octanol–water partition coefficient (Wildman–Crippen LogP) is 2.89. The second-order valence-corrected chi connectivity index (χ2v) is 3.18. The van der Waals surface area contributed by atoms with E-state index in [1.807, 2.05) is 6.07 Å². The molecule has 0 spiro atoms. The highest BCUT2D eigenvalue weighted by Gasteiger charge is 2.22. The quantitative estimate of drug-likeness (QED) is 0.710. The molecule has 0 amide bonds. The molecule has 1 N–H and O–H groups in total. The van der Waals surface area contributed by atoms with Gasteiger partial charge >= 0.3 is 5.97 Å². The number of carboxylic acids is 1. The van der Waals surface area contributed by atoms with E-state index >= 15 is 0 Å². The van der Waals surface area contributed by atoms with Gasteiger partial charge in [-0.15, -0.1) is 0 Å². The molecule has 3 heteroatoms. The molecule has 0 saturated carbocycles. The number of carboxylic acid groups (broad SMARTS) is 1. The minimum Gasteiger partial charge on any atom is -0.481 e. The fourth-order valence-corrected chi connectivity index (χ4v) is 0.960. The molecule has 1 aliphatic heterocycles. The summed E-state index contributed by atoms with van der Waals surface area (Å²) in [6.07, 6.45) is 0.222. The van der Waals surface area contributed by atoms with Crippen LogP contribution in [-0.2, 0) is 4.79 Å². The smallest absolute Gasteiger partial charge is 0.303 e. The molecule has 1 heterocycles. The van der Waals surface area contributed by atoms with Crippen molar-refractivity contribution < 1.29 is 14.6 Å². The molecule has 0 aliphatic carbocycles. The summed E-state index contributed by atoms with van der Waals surface area (Å²) in [4.78, 5) is 9.37. The van der Waals surface area contributed by atoms with Gasteiger partial charge in [-0.2, -0.15) is 0 Å². The van der Waals surface area contributed by atoms with Crippen LogP contribution in [0.25, 0.3) is 0 Å². The van der Waals surface area contributed by atoms with Crippen molar-refractivity contribution in [3.8, 4) is 11.5 Å². The summed E-state index contributed by atoms with van der Waals surface area (Å²) >= 11 is 0. The van der Waals surface area contributed by atoms with Gasteiger partial charge in [-0.1, -0.05) is 13.0 Å². The highest BCUT2D eigenvalue weighted by Crippen LogP contribution is 2.48. The monoisotopic (exact) mass is 194 g/mol. The van der Waals surface area contributed by atoms with Gasteiger partial charge in [-0.3, -0.25) is 4.79 Å². The molecule has 0 fully saturated rings. The van der Waals surface area contributed by atoms with Crippen molar-refractivity contribution in [2.24, 2.45) is 0 Å². The Bertz CT molecular complexity index is 352. The molecule has 1 aromatic carbocycles. The van der Waals surface area contributed by atoms with E-state index in [4.69, 9.17) is 9.84 Å². The van der Waals surface area contributed by atoms with E-state index in [0.717, 1.165) is 11.5 Å². The number of rotatable bonds is 1. The van der Waals surface area contributed by atoms with Gasteiger partial charge in [0.15, 0.2) is 11.5 Å². The van der Waals surface area contributed by atoms with Crippen LogP contribution in [-0.4, -0.2) is 11.1 Å². The van der Waals surface area contributed by atoms with Crippen LogP contribution in [0.5, 0.6) is 11.5 Å². The van der Waals surface area contributed by atoms with Gasteiger partial charge in [0.05, 0.1) is 0 Å². The average molecular weight is 194 g/mol. The zero-order chi connectivity index (χ0) is 10.7. The van der Waals surface area contributed by atoms with E-state index in [9.17, 15) is 4.79 Å². The van der Waals surface area contributed by atoms with E-state index in [2.05, 4.69) is 19.9 Å². The lowest BCUT2D eigenvalue weighted by molar-refractivity contribution is -0.136. The van der Waals surface area contributed by atoms with Crippen LogP contribution in [0.4, 0.5) is 0 Å². The summed E-state index contributed by atoms with van der Waals surface area (Å²) in [6, 6.07) is 4.10. The molecule has 1 aliphatic rings. The van der Waals surface area contributed by atoms with Gasteiger partial charge in [-0.05, 0) is 31.0 Å². The molecular formula is C11H14O3. The lowest BCUT2D eigenvalue weighted by Crippen LogP contribution is -1.86. The molecule has 1 aromatic rings. The van der Waals surface area contributed by atoms with Crippen molar-refractivity contribution in [1.82, 2.24) is 0 Å². The third-order valence-electron chi connectivity index (χ3n) is 2.11. The molecule has 76 valence electrons. The first-order valence-corrected chi connectivity index (χ1v) is 4.56. The zero-order valence-electron chi connectivity index (χ0n) is 8.63. The number of benzene rings is 1. The van der Waals surface area contributed by atoms with Crippen molar-refractivity contribution >= 4 is 5.97 Å². The Labute approximate surface area is 83.3 Å². The average Bonchev–Trinajstić information content (AvgIpc) is 2.92. The van der Waals surface area contributed by atoms with E-state index < -0.39 is 5.97 Å². The zero-order valence-corrected chi connectivity index (χ0v) is 8.63. The van der Waals surface area contributed by atoms with Crippen LogP contribution in [0.1, 0.15) is 24.5 Å². The fourth-order valence-electron chi connectivity index (χ4n) is 0.960. The van der Waals surface area contributed by atoms with Gasteiger partial charge in [-0.25, -0.2) is 0 Å². The Kier molecular flexibility index (Phi) is 3.12. The summed E-state index contributed by atoms with van der Waals surface area (Å²) in [7, 11) is 0. The number of hydrogen-bond acceptors (Lipinski definition) is 2.